The van der Waals surface area contributed by atoms with Crippen LogP contribution in [-0.2, 0) is 11.3 Å². The number of rotatable bonds is 6. The molecule has 144 valence electrons. The Morgan fingerprint density at radius 2 is 1.79 bits per heavy atom. The number of aromatic nitrogens is 2. The van der Waals surface area contributed by atoms with Gasteiger partial charge in [-0.1, -0.05) is 67.1 Å². The van der Waals surface area contributed by atoms with E-state index in [0.717, 1.165) is 31.2 Å². The quantitative estimate of drug-likeness (QED) is 0.509. The highest BCUT2D eigenvalue weighted by atomic mass is 32.2. The molecule has 3 aromatic rings. The number of hydrogen-bond donors (Lipinski definition) is 1. The van der Waals surface area contributed by atoms with Crippen LogP contribution in [0.25, 0.3) is 10.9 Å². The molecule has 1 saturated carbocycles. The molecular formula is C22H23N3O2S. The van der Waals surface area contributed by atoms with Gasteiger partial charge in [-0.05, 0) is 30.5 Å². The molecule has 1 aromatic heterocycles. The van der Waals surface area contributed by atoms with Crippen LogP contribution >= 0.6 is 11.8 Å². The van der Waals surface area contributed by atoms with Gasteiger partial charge in [0.15, 0.2) is 5.16 Å². The Labute approximate surface area is 168 Å². The molecule has 0 bridgehead atoms. The fourth-order valence-corrected chi connectivity index (χ4v) is 4.59. The molecular weight excluding hydrogens is 370 g/mol. The van der Waals surface area contributed by atoms with Crippen molar-refractivity contribution < 1.29 is 4.79 Å². The zero-order valence-corrected chi connectivity index (χ0v) is 16.5. The molecule has 2 aromatic carbocycles. The number of fused-ring (bicyclic) bond motifs is 1. The van der Waals surface area contributed by atoms with Crippen LogP contribution in [0.5, 0.6) is 0 Å². The van der Waals surface area contributed by atoms with Crippen LogP contribution in [0, 0.1) is 0 Å². The van der Waals surface area contributed by atoms with Crippen molar-refractivity contribution in [3.8, 4) is 0 Å². The summed E-state index contributed by atoms with van der Waals surface area (Å²) in [6, 6.07) is 17.4. The number of carbonyl (C=O) groups excluding carboxylic acids is 1. The van der Waals surface area contributed by atoms with Crippen molar-refractivity contribution in [3.05, 3.63) is 70.5 Å². The van der Waals surface area contributed by atoms with E-state index < -0.39 is 0 Å². The first kappa shape index (κ1) is 18.7. The summed E-state index contributed by atoms with van der Waals surface area (Å²) in [5.74, 6) is 0.180. The van der Waals surface area contributed by atoms with Gasteiger partial charge in [-0.2, -0.15) is 0 Å². The number of carbonyl (C=O) groups is 1. The first-order valence-electron chi connectivity index (χ1n) is 9.67. The Kier molecular flexibility index (Phi) is 5.76. The Balaban J connectivity index is 1.53. The maximum Gasteiger partial charge on any atom is 0.262 e. The van der Waals surface area contributed by atoms with Gasteiger partial charge in [-0.3, -0.25) is 14.2 Å². The molecule has 28 heavy (non-hydrogen) atoms. The van der Waals surface area contributed by atoms with E-state index in [1.165, 1.54) is 11.8 Å². The summed E-state index contributed by atoms with van der Waals surface area (Å²) in [4.78, 5) is 30.1. The largest absolute Gasteiger partial charge is 0.351 e. The van der Waals surface area contributed by atoms with Crippen LogP contribution < -0.4 is 10.9 Å². The Bertz CT molecular complexity index is 1030. The fraction of sp³-hybridized carbons (Fsp3) is 0.318. The van der Waals surface area contributed by atoms with Crippen molar-refractivity contribution in [1.82, 2.24) is 14.9 Å². The molecule has 1 aliphatic carbocycles. The molecule has 0 atom stereocenters. The van der Waals surface area contributed by atoms with Crippen LogP contribution in [-0.4, -0.2) is 21.2 Å². The molecule has 5 nitrogen and oxygen atoms in total. The van der Waals surface area contributed by atoms with E-state index in [1.807, 2.05) is 59.2 Å². The molecule has 0 aliphatic heterocycles. The van der Waals surface area contributed by atoms with E-state index >= 15 is 0 Å². The van der Waals surface area contributed by atoms with E-state index in [-0.39, 0.29) is 23.3 Å². The number of amides is 1. The number of thioether (sulfide) groups is 1. The van der Waals surface area contributed by atoms with E-state index in [0.29, 0.717) is 22.6 Å². The van der Waals surface area contributed by atoms with E-state index in [1.54, 1.807) is 0 Å². The number of nitrogens with one attached hydrogen (secondary N) is 1. The van der Waals surface area contributed by atoms with Crippen LogP contribution in [0.3, 0.4) is 0 Å². The summed E-state index contributed by atoms with van der Waals surface area (Å²) < 4.78 is 1.82. The number of para-hydroxylation sites is 1. The molecule has 1 aliphatic rings. The maximum atomic E-state index is 13.1. The van der Waals surface area contributed by atoms with Gasteiger partial charge in [0.1, 0.15) is 0 Å². The van der Waals surface area contributed by atoms with Crippen LogP contribution in [0.1, 0.15) is 37.3 Å². The standard InChI is InChI=1S/C22H23N3O2S/c26-20(23-14-16-8-2-1-3-9-16)15-28-22-24-19-13-7-6-12-18(19)21(27)25(22)17-10-4-5-11-17/h1-3,6-9,12-13,17H,4-5,10-11,14-15H2,(H,23,26). The lowest BCUT2D eigenvalue weighted by atomic mass is 10.2. The zero-order chi connectivity index (χ0) is 19.3. The Morgan fingerprint density at radius 3 is 2.57 bits per heavy atom. The van der Waals surface area contributed by atoms with Crippen LogP contribution in [0.4, 0.5) is 0 Å². The van der Waals surface area contributed by atoms with Crippen molar-refractivity contribution >= 4 is 28.6 Å². The third kappa shape index (κ3) is 4.12. The lowest BCUT2D eigenvalue weighted by Gasteiger charge is -2.18. The smallest absolute Gasteiger partial charge is 0.262 e. The van der Waals surface area contributed by atoms with Gasteiger partial charge in [0.25, 0.3) is 5.56 Å². The summed E-state index contributed by atoms with van der Waals surface area (Å²) in [5.41, 5.74) is 1.76. The second-order valence-electron chi connectivity index (χ2n) is 7.08. The molecule has 0 spiro atoms. The van der Waals surface area contributed by atoms with Crippen molar-refractivity contribution in [2.45, 2.75) is 43.4 Å². The molecule has 1 fully saturated rings. The lowest BCUT2D eigenvalue weighted by Crippen LogP contribution is -2.28. The van der Waals surface area contributed by atoms with Crippen LogP contribution in [0.15, 0.2) is 64.5 Å². The van der Waals surface area contributed by atoms with Crippen molar-refractivity contribution in [2.24, 2.45) is 0 Å². The van der Waals surface area contributed by atoms with Gasteiger partial charge in [0.05, 0.1) is 16.7 Å². The molecule has 1 N–H and O–H groups in total. The third-order valence-electron chi connectivity index (χ3n) is 5.13. The van der Waals surface area contributed by atoms with Crippen molar-refractivity contribution in [1.29, 1.82) is 0 Å². The van der Waals surface area contributed by atoms with Gasteiger partial charge in [-0.15, -0.1) is 0 Å². The Hall–Kier alpha value is -2.60. The lowest BCUT2D eigenvalue weighted by molar-refractivity contribution is -0.118. The predicted molar refractivity (Wildman–Crippen MR) is 113 cm³/mol. The Morgan fingerprint density at radius 1 is 1.07 bits per heavy atom. The van der Waals surface area contributed by atoms with E-state index in [2.05, 4.69) is 5.32 Å². The number of benzene rings is 2. The summed E-state index contributed by atoms with van der Waals surface area (Å²) in [6.45, 7) is 0.501. The van der Waals surface area contributed by atoms with Gasteiger partial charge in [0.2, 0.25) is 5.91 Å². The molecule has 0 radical (unpaired) electrons. The maximum absolute atomic E-state index is 13.1. The number of nitrogens with zero attached hydrogens (tertiary/aromatic N) is 2. The normalized spacial score (nSPS) is 14.4. The fourth-order valence-electron chi connectivity index (χ4n) is 3.69. The molecule has 1 heterocycles. The van der Waals surface area contributed by atoms with E-state index in [4.69, 9.17) is 4.98 Å². The SMILES string of the molecule is O=C(CSc1nc2ccccc2c(=O)n1C1CCCC1)NCc1ccccc1. The minimum absolute atomic E-state index is 0.00435. The van der Waals surface area contributed by atoms with E-state index in [9.17, 15) is 9.59 Å². The van der Waals surface area contributed by atoms with Crippen molar-refractivity contribution in [3.63, 3.8) is 0 Å². The average Bonchev–Trinajstić information content (AvgIpc) is 3.26. The third-order valence-corrected chi connectivity index (χ3v) is 6.08. The summed E-state index contributed by atoms with van der Waals surface area (Å²) in [5, 5.41) is 4.22. The monoisotopic (exact) mass is 393 g/mol. The van der Waals surface area contributed by atoms with Gasteiger partial charge >= 0.3 is 0 Å². The molecule has 1 amide bonds. The van der Waals surface area contributed by atoms with Crippen molar-refractivity contribution in [2.75, 3.05) is 5.75 Å². The second-order valence-corrected chi connectivity index (χ2v) is 8.02. The minimum atomic E-state index is -0.0609. The minimum Gasteiger partial charge on any atom is -0.351 e. The first-order chi connectivity index (χ1) is 13.7. The summed E-state index contributed by atoms with van der Waals surface area (Å²) >= 11 is 1.35. The molecule has 6 heteroatoms. The summed E-state index contributed by atoms with van der Waals surface area (Å²) in [6.07, 6.45) is 4.25. The molecule has 0 saturated heterocycles. The van der Waals surface area contributed by atoms with Gasteiger partial charge in [-0.25, -0.2) is 4.98 Å². The molecule has 4 rings (SSSR count). The van der Waals surface area contributed by atoms with Gasteiger partial charge < -0.3 is 5.32 Å². The second kappa shape index (κ2) is 8.61. The number of hydrogen-bond acceptors (Lipinski definition) is 4. The average molecular weight is 394 g/mol. The zero-order valence-electron chi connectivity index (χ0n) is 15.6. The topological polar surface area (TPSA) is 64.0 Å². The highest BCUT2D eigenvalue weighted by molar-refractivity contribution is 7.99. The van der Waals surface area contributed by atoms with Gasteiger partial charge in [0, 0.05) is 12.6 Å². The highest BCUT2D eigenvalue weighted by Crippen LogP contribution is 2.32. The first-order valence-corrected chi connectivity index (χ1v) is 10.7. The predicted octanol–water partition coefficient (Wildman–Crippen LogP) is 3.92. The highest BCUT2D eigenvalue weighted by Gasteiger charge is 2.23. The molecule has 0 unspecified atom stereocenters. The summed E-state index contributed by atoms with van der Waals surface area (Å²) in [7, 11) is 0. The van der Waals surface area contributed by atoms with Crippen LogP contribution in [0.2, 0.25) is 0 Å².